The number of ether oxygens (including phenoxy) is 2. The Morgan fingerprint density at radius 2 is 1.88 bits per heavy atom. The summed E-state index contributed by atoms with van der Waals surface area (Å²) in [6.07, 6.45) is 1.36. The first kappa shape index (κ1) is 17.3. The number of hydrogen-bond acceptors (Lipinski definition) is 5. The molecule has 0 saturated carbocycles. The number of aromatic hydroxyl groups is 1. The van der Waals surface area contributed by atoms with Crippen LogP contribution in [0, 0.1) is 6.92 Å². The summed E-state index contributed by atoms with van der Waals surface area (Å²) >= 11 is 0. The van der Waals surface area contributed by atoms with E-state index in [1.165, 1.54) is 12.3 Å². The molecule has 126 valence electrons. The fraction of sp³-hybridized carbons (Fsp3) is 0.222. The molecule has 0 heterocycles. The molecule has 2 N–H and O–H groups in total. The second-order valence-electron chi connectivity index (χ2n) is 5.05. The van der Waals surface area contributed by atoms with E-state index in [0.717, 1.165) is 5.56 Å². The van der Waals surface area contributed by atoms with Gasteiger partial charge in [0.05, 0.1) is 12.8 Å². The van der Waals surface area contributed by atoms with Crippen molar-refractivity contribution in [1.29, 1.82) is 0 Å². The molecular formula is C18H20N2O4. The number of aryl methyl sites for hydroxylation is 1. The second-order valence-corrected chi connectivity index (χ2v) is 5.05. The summed E-state index contributed by atoms with van der Waals surface area (Å²) in [6, 6.07) is 12.3. The Labute approximate surface area is 140 Å². The molecule has 1 amide bonds. The third kappa shape index (κ3) is 5.31. The molecule has 0 aliphatic carbocycles. The molecule has 0 aromatic heterocycles. The number of phenolic OH excluding ortho intramolecular Hbond substituents is 1. The Morgan fingerprint density at radius 1 is 1.17 bits per heavy atom. The molecule has 0 radical (unpaired) electrons. The number of hydrazone groups is 1. The van der Waals surface area contributed by atoms with E-state index in [1.807, 2.05) is 26.0 Å². The Hall–Kier alpha value is -3.02. The van der Waals surface area contributed by atoms with Gasteiger partial charge >= 0.3 is 0 Å². The van der Waals surface area contributed by atoms with Crippen LogP contribution in [0.5, 0.6) is 17.2 Å². The van der Waals surface area contributed by atoms with E-state index in [1.54, 1.807) is 24.3 Å². The van der Waals surface area contributed by atoms with Crippen LogP contribution in [0.15, 0.2) is 47.6 Å². The van der Waals surface area contributed by atoms with Crippen molar-refractivity contribution in [2.24, 2.45) is 5.10 Å². The maximum Gasteiger partial charge on any atom is 0.277 e. The van der Waals surface area contributed by atoms with E-state index in [4.69, 9.17) is 9.47 Å². The molecule has 24 heavy (non-hydrogen) atoms. The topological polar surface area (TPSA) is 80.2 Å². The molecule has 0 atom stereocenters. The van der Waals surface area contributed by atoms with Gasteiger partial charge in [-0.1, -0.05) is 17.7 Å². The summed E-state index contributed by atoms with van der Waals surface area (Å²) in [5.74, 6) is 0.818. The monoisotopic (exact) mass is 328 g/mol. The molecule has 0 aliphatic rings. The first-order valence-corrected chi connectivity index (χ1v) is 7.55. The number of rotatable bonds is 7. The van der Waals surface area contributed by atoms with Gasteiger partial charge in [0.2, 0.25) is 0 Å². The lowest BCUT2D eigenvalue weighted by Gasteiger charge is -2.06. The quantitative estimate of drug-likeness (QED) is 0.605. The van der Waals surface area contributed by atoms with Crippen LogP contribution in [0.4, 0.5) is 0 Å². The highest BCUT2D eigenvalue weighted by atomic mass is 16.5. The number of hydrogen-bond donors (Lipinski definition) is 2. The van der Waals surface area contributed by atoms with E-state index in [0.29, 0.717) is 23.7 Å². The first-order chi connectivity index (χ1) is 11.6. The third-order valence-corrected chi connectivity index (χ3v) is 3.10. The van der Waals surface area contributed by atoms with E-state index < -0.39 is 5.91 Å². The van der Waals surface area contributed by atoms with E-state index in [2.05, 4.69) is 10.5 Å². The van der Waals surface area contributed by atoms with E-state index in [9.17, 15) is 9.90 Å². The highest BCUT2D eigenvalue weighted by molar-refractivity contribution is 5.85. The van der Waals surface area contributed by atoms with Crippen LogP contribution in [0.3, 0.4) is 0 Å². The highest BCUT2D eigenvalue weighted by Gasteiger charge is 2.03. The zero-order valence-electron chi connectivity index (χ0n) is 13.7. The summed E-state index contributed by atoms with van der Waals surface area (Å²) in [5, 5.41) is 13.6. The second kappa shape index (κ2) is 8.57. The first-order valence-electron chi connectivity index (χ1n) is 7.55. The number of benzene rings is 2. The minimum Gasteiger partial charge on any atom is -0.507 e. The maximum absolute atomic E-state index is 11.7. The minimum absolute atomic E-state index is 0.0230. The Balaban J connectivity index is 1.82. The summed E-state index contributed by atoms with van der Waals surface area (Å²) in [6.45, 7) is 4.21. The summed E-state index contributed by atoms with van der Waals surface area (Å²) < 4.78 is 10.6. The van der Waals surface area contributed by atoms with Crippen LogP contribution in [-0.2, 0) is 4.79 Å². The number of phenols is 1. The summed E-state index contributed by atoms with van der Waals surface area (Å²) in [4.78, 5) is 11.7. The molecule has 0 bridgehead atoms. The third-order valence-electron chi connectivity index (χ3n) is 3.10. The van der Waals surface area contributed by atoms with Crippen molar-refractivity contribution in [3.63, 3.8) is 0 Å². The van der Waals surface area contributed by atoms with Crippen LogP contribution in [0.2, 0.25) is 0 Å². The SMILES string of the molecule is CCOc1ccc(/C=N\NC(=O)COc2ccc(C)cc2)c(O)c1. The van der Waals surface area contributed by atoms with Crippen LogP contribution < -0.4 is 14.9 Å². The van der Waals surface area contributed by atoms with Gasteiger partial charge in [-0.3, -0.25) is 4.79 Å². The zero-order chi connectivity index (χ0) is 17.4. The summed E-state index contributed by atoms with van der Waals surface area (Å²) in [7, 11) is 0. The maximum atomic E-state index is 11.7. The van der Waals surface area contributed by atoms with Crippen LogP contribution in [-0.4, -0.2) is 30.4 Å². The zero-order valence-corrected chi connectivity index (χ0v) is 13.7. The van der Waals surface area contributed by atoms with Gasteiger partial charge in [-0.25, -0.2) is 5.43 Å². The Bertz CT molecular complexity index is 711. The van der Waals surface area contributed by atoms with Crippen molar-refractivity contribution < 1.29 is 19.4 Å². The molecule has 0 fully saturated rings. The molecule has 0 spiro atoms. The van der Waals surface area contributed by atoms with Crippen LogP contribution >= 0.6 is 0 Å². The number of amides is 1. The molecule has 0 aliphatic heterocycles. The van der Waals surface area contributed by atoms with Gasteiger partial charge in [0, 0.05) is 11.6 Å². The fourth-order valence-corrected chi connectivity index (χ4v) is 1.88. The lowest BCUT2D eigenvalue weighted by molar-refractivity contribution is -0.123. The largest absolute Gasteiger partial charge is 0.507 e. The van der Waals surface area contributed by atoms with Crippen LogP contribution in [0.25, 0.3) is 0 Å². The number of carbonyl (C=O) groups excluding carboxylic acids is 1. The van der Waals surface area contributed by atoms with Crippen LogP contribution in [0.1, 0.15) is 18.1 Å². The lowest BCUT2D eigenvalue weighted by Crippen LogP contribution is -2.24. The van der Waals surface area contributed by atoms with E-state index >= 15 is 0 Å². The van der Waals surface area contributed by atoms with Gasteiger partial charge < -0.3 is 14.6 Å². The van der Waals surface area contributed by atoms with Gasteiger partial charge in [-0.15, -0.1) is 0 Å². The van der Waals surface area contributed by atoms with Crippen molar-refractivity contribution in [3.8, 4) is 17.2 Å². The smallest absolute Gasteiger partial charge is 0.277 e. The summed E-state index contributed by atoms with van der Waals surface area (Å²) in [5.41, 5.74) is 3.93. The van der Waals surface area contributed by atoms with Crippen molar-refractivity contribution in [3.05, 3.63) is 53.6 Å². The predicted molar refractivity (Wildman–Crippen MR) is 91.7 cm³/mol. The number of nitrogens with one attached hydrogen (secondary N) is 1. The van der Waals surface area contributed by atoms with Gasteiger partial charge in [-0.2, -0.15) is 5.10 Å². The van der Waals surface area contributed by atoms with Gasteiger partial charge in [0.1, 0.15) is 17.2 Å². The molecule has 0 unspecified atom stereocenters. The van der Waals surface area contributed by atoms with Crippen molar-refractivity contribution in [2.75, 3.05) is 13.2 Å². The molecule has 0 saturated heterocycles. The van der Waals surface area contributed by atoms with Crippen molar-refractivity contribution >= 4 is 12.1 Å². The standard InChI is InChI=1S/C18H20N2O4/c1-3-23-16-9-6-14(17(21)10-16)11-19-20-18(22)12-24-15-7-4-13(2)5-8-15/h4-11,21H,3,12H2,1-2H3,(H,20,22)/b19-11-. The molecule has 6 heteroatoms. The molecular weight excluding hydrogens is 308 g/mol. The predicted octanol–water partition coefficient (Wildman–Crippen LogP) is 2.63. The average Bonchev–Trinajstić information content (AvgIpc) is 2.56. The highest BCUT2D eigenvalue weighted by Crippen LogP contribution is 2.22. The fourth-order valence-electron chi connectivity index (χ4n) is 1.88. The van der Waals surface area contributed by atoms with Gasteiger partial charge in [0.25, 0.3) is 5.91 Å². The number of nitrogens with zero attached hydrogens (tertiary/aromatic N) is 1. The Morgan fingerprint density at radius 3 is 2.54 bits per heavy atom. The average molecular weight is 328 g/mol. The van der Waals surface area contributed by atoms with Crippen molar-refractivity contribution in [1.82, 2.24) is 5.43 Å². The minimum atomic E-state index is -0.391. The molecule has 6 nitrogen and oxygen atoms in total. The van der Waals surface area contributed by atoms with E-state index in [-0.39, 0.29) is 12.4 Å². The van der Waals surface area contributed by atoms with Gasteiger partial charge in [-0.05, 0) is 38.1 Å². The molecule has 2 aromatic carbocycles. The molecule has 2 aromatic rings. The number of carbonyl (C=O) groups is 1. The Kier molecular flexibility index (Phi) is 6.19. The molecule has 2 rings (SSSR count). The van der Waals surface area contributed by atoms with Crippen molar-refractivity contribution in [2.45, 2.75) is 13.8 Å². The normalized spacial score (nSPS) is 10.6. The van der Waals surface area contributed by atoms with Gasteiger partial charge in [0.15, 0.2) is 6.61 Å². The lowest BCUT2D eigenvalue weighted by atomic mass is 10.2.